The van der Waals surface area contributed by atoms with Crippen LogP contribution in [0.2, 0.25) is 0 Å². The second-order valence-corrected chi connectivity index (χ2v) is 9.75. The van der Waals surface area contributed by atoms with E-state index in [2.05, 4.69) is 27.3 Å². The zero-order valence-electron chi connectivity index (χ0n) is 20.2. The van der Waals surface area contributed by atoms with Gasteiger partial charge in [-0.15, -0.1) is 0 Å². The second-order valence-electron chi connectivity index (χ2n) is 9.75. The molecule has 2 aromatic rings. The maximum atomic E-state index is 13.1. The summed E-state index contributed by atoms with van der Waals surface area (Å²) in [4.78, 5) is 34.6. The van der Waals surface area contributed by atoms with E-state index >= 15 is 0 Å². The van der Waals surface area contributed by atoms with Crippen LogP contribution in [0.15, 0.2) is 54.9 Å². The minimum absolute atomic E-state index is 0.0149. The van der Waals surface area contributed by atoms with Crippen LogP contribution in [0.3, 0.4) is 0 Å². The number of carbonyl (C=O) groups is 2. The van der Waals surface area contributed by atoms with Gasteiger partial charge < -0.3 is 10.2 Å². The summed E-state index contributed by atoms with van der Waals surface area (Å²) in [5.41, 5.74) is 2.33. The van der Waals surface area contributed by atoms with Crippen LogP contribution in [-0.4, -0.2) is 52.8 Å². The third kappa shape index (κ3) is 7.13. The minimum atomic E-state index is -0.0149. The van der Waals surface area contributed by atoms with Crippen molar-refractivity contribution in [1.29, 1.82) is 0 Å². The number of hydrogen-bond donors (Lipinski definition) is 1. The molecular formula is C28H38N4O2. The third-order valence-electron chi connectivity index (χ3n) is 7.26. The SMILES string of the molecule is O=C1C[C@@H](c2ccccc2)N(Cc2ccncc2)CCCN(C(=O)CC2CCCCC2)CCN1. The Morgan fingerprint density at radius 1 is 0.941 bits per heavy atom. The van der Waals surface area contributed by atoms with Crippen LogP contribution in [0.1, 0.15) is 68.5 Å². The van der Waals surface area contributed by atoms with E-state index in [0.29, 0.717) is 31.8 Å². The molecule has 0 unspecified atom stereocenters. The molecule has 1 atom stereocenters. The highest BCUT2D eigenvalue weighted by molar-refractivity contribution is 5.78. The Morgan fingerprint density at radius 2 is 1.71 bits per heavy atom. The molecule has 4 rings (SSSR count). The number of amides is 2. The molecule has 2 fully saturated rings. The van der Waals surface area contributed by atoms with Crippen LogP contribution < -0.4 is 5.32 Å². The molecule has 0 radical (unpaired) electrons. The standard InChI is InChI=1S/C28H38N4O2/c33-27-21-26(25-10-5-2-6-11-25)32(22-24-12-14-29-15-13-24)18-7-17-31(19-16-30-27)28(34)20-23-8-3-1-4-9-23/h2,5-6,10-15,23,26H,1,3-4,7-9,16-22H2,(H,30,33)/t26-/m0/s1. The number of rotatable bonds is 5. The zero-order valence-corrected chi connectivity index (χ0v) is 20.2. The largest absolute Gasteiger partial charge is 0.354 e. The van der Waals surface area contributed by atoms with Gasteiger partial charge in [0.05, 0.1) is 0 Å². The van der Waals surface area contributed by atoms with Gasteiger partial charge in [-0.3, -0.25) is 19.5 Å². The molecule has 0 spiro atoms. The second kappa shape index (κ2) is 12.7. The van der Waals surface area contributed by atoms with Gasteiger partial charge in [0.15, 0.2) is 0 Å². The van der Waals surface area contributed by atoms with Crippen molar-refractivity contribution < 1.29 is 9.59 Å². The molecule has 1 aromatic heterocycles. The first-order valence-electron chi connectivity index (χ1n) is 12.9. The lowest BCUT2D eigenvalue weighted by Crippen LogP contribution is -2.39. The molecule has 1 saturated heterocycles. The van der Waals surface area contributed by atoms with Crippen molar-refractivity contribution in [2.45, 2.75) is 64.0 Å². The molecule has 6 nitrogen and oxygen atoms in total. The highest BCUT2D eigenvalue weighted by atomic mass is 16.2. The summed E-state index contributed by atoms with van der Waals surface area (Å²) in [7, 11) is 0. The predicted octanol–water partition coefficient (Wildman–Crippen LogP) is 4.33. The molecule has 182 valence electrons. The number of nitrogens with zero attached hydrogens (tertiary/aromatic N) is 3. The van der Waals surface area contributed by atoms with E-state index in [1.807, 2.05) is 47.6 Å². The lowest BCUT2D eigenvalue weighted by Gasteiger charge is -2.32. The van der Waals surface area contributed by atoms with Crippen molar-refractivity contribution in [2.24, 2.45) is 5.92 Å². The Morgan fingerprint density at radius 3 is 2.47 bits per heavy atom. The van der Waals surface area contributed by atoms with Crippen molar-refractivity contribution in [3.8, 4) is 0 Å². The third-order valence-corrected chi connectivity index (χ3v) is 7.26. The Kier molecular flexibility index (Phi) is 9.08. The van der Waals surface area contributed by atoms with Crippen LogP contribution in [-0.2, 0) is 16.1 Å². The average Bonchev–Trinajstić information content (AvgIpc) is 2.90. The van der Waals surface area contributed by atoms with E-state index in [-0.39, 0.29) is 17.9 Å². The molecule has 1 saturated carbocycles. The number of pyridine rings is 1. The fourth-order valence-corrected chi connectivity index (χ4v) is 5.37. The Balaban J connectivity index is 1.49. The summed E-state index contributed by atoms with van der Waals surface area (Å²) in [6.45, 7) is 3.41. The quantitative estimate of drug-likeness (QED) is 0.718. The van der Waals surface area contributed by atoms with Gasteiger partial charge in [-0.05, 0) is 48.4 Å². The lowest BCUT2D eigenvalue weighted by atomic mass is 9.86. The van der Waals surface area contributed by atoms with Crippen molar-refractivity contribution in [1.82, 2.24) is 20.1 Å². The van der Waals surface area contributed by atoms with E-state index in [1.54, 1.807) is 0 Å². The fourth-order valence-electron chi connectivity index (χ4n) is 5.37. The molecule has 2 aliphatic rings. The summed E-state index contributed by atoms with van der Waals surface area (Å²) in [6, 6.07) is 14.4. The Labute approximate surface area is 203 Å². The summed E-state index contributed by atoms with van der Waals surface area (Å²) >= 11 is 0. The number of aromatic nitrogens is 1. The molecule has 1 N–H and O–H groups in total. The van der Waals surface area contributed by atoms with E-state index < -0.39 is 0 Å². The van der Waals surface area contributed by atoms with Crippen LogP contribution in [0.5, 0.6) is 0 Å². The van der Waals surface area contributed by atoms with Crippen molar-refractivity contribution in [3.05, 3.63) is 66.0 Å². The Bertz CT molecular complexity index is 899. The van der Waals surface area contributed by atoms with Crippen LogP contribution in [0.4, 0.5) is 0 Å². The highest BCUT2D eigenvalue weighted by Crippen LogP contribution is 2.28. The van der Waals surface area contributed by atoms with Crippen molar-refractivity contribution in [2.75, 3.05) is 26.2 Å². The number of benzene rings is 1. The maximum Gasteiger partial charge on any atom is 0.222 e. The molecule has 6 heteroatoms. The molecule has 34 heavy (non-hydrogen) atoms. The molecular weight excluding hydrogens is 424 g/mol. The van der Waals surface area contributed by atoms with Gasteiger partial charge in [-0.2, -0.15) is 0 Å². The first-order chi connectivity index (χ1) is 16.7. The van der Waals surface area contributed by atoms with Crippen molar-refractivity contribution in [3.63, 3.8) is 0 Å². The van der Waals surface area contributed by atoms with Gasteiger partial charge in [-0.25, -0.2) is 0 Å². The van der Waals surface area contributed by atoms with Crippen molar-refractivity contribution >= 4 is 11.8 Å². The number of carbonyl (C=O) groups excluding carboxylic acids is 2. The van der Waals surface area contributed by atoms with E-state index in [0.717, 1.165) is 31.6 Å². The lowest BCUT2D eigenvalue weighted by molar-refractivity contribution is -0.133. The normalized spacial score (nSPS) is 21.5. The number of nitrogens with one attached hydrogen (secondary N) is 1. The first-order valence-corrected chi connectivity index (χ1v) is 12.9. The fraction of sp³-hybridized carbons (Fsp3) is 0.536. The summed E-state index contributed by atoms with van der Waals surface area (Å²) in [5.74, 6) is 0.815. The molecule has 2 heterocycles. The van der Waals surface area contributed by atoms with E-state index in [4.69, 9.17) is 0 Å². The highest BCUT2D eigenvalue weighted by Gasteiger charge is 2.26. The van der Waals surface area contributed by atoms with Gasteiger partial charge >= 0.3 is 0 Å². The Hall–Kier alpha value is -2.73. The van der Waals surface area contributed by atoms with Gasteiger partial charge in [-0.1, -0.05) is 49.6 Å². The molecule has 1 aromatic carbocycles. The molecule has 2 amide bonds. The summed E-state index contributed by atoms with van der Waals surface area (Å²) in [5, 5.41) is 3.08. The minimum Gasteiger partial charge on any atom is -0.354 e. The van der Waals surface area contributed by atoms with Crippen LogP contribution in [0, 0.1) is 5.92 Å². The molecule has 1 aliphatic carbocycles. The first kappa shape index (κ1) is 24.4. The van der Waals surface area contributed by atoms with Crippen LogP contribution >= 0.6 is 0 Å². The monoisotopic (exact) mass is 462 g/mol. The average molecular weight is 463 g/mol. The van der Waals surface area contributed by atoms with Gasteiger partial charge in [0.25, 0.3) is 0 Å². The van der Waals surface area contributed by atoms with Gasteiger partial charge in [0.2, 0.25) is 11.8 Å². The predicted molar refractivity (Wildman–Crippen MR) is 134 cm³/mol. The maximum absolute atomic E-state index is 13.1. The topological polar surface area (TPSA) is 65.5 Å². The zero-order chi connectivity index (χ0) is 23.6. The summed E-state index contributed by atoms with van der Waals surface area (Å²) < 4.78 is 0. The summed E-state index contributed by atoms with van der Waals surface area (Å²) in [6.07, 6.45) is 11.7. The van der Waals surface area contributed by atoms with Gasteiger partial charge in [0.1, 0.15) is 0 Å². The number of hydrogen-bond acceptors (Lipinski definition) is 4. The van der Waals surface area contributed by atoms with E-state index in [1.165, 1.54) is 37.7 Å². The van der Waals surface area contributed by atoms with Gasteiger partial charge in [0, 0.05) is 64.0 Å². The smallest absolute Gasteiger partial charge is 0.222 e. The van der Waals surface area contributed by atoms with E-state index in [9.17, 15) is 9.59 Å². The molecule has 0 bridgehead atoms. The van der Waals surface area contributed by atoms with Crippen LogP contribution in [0.25, 0.3) is 0 Å². The molecule has 1 aliphatic heterocycles.